The Kier molecular flexibility index (Phi) is 3.36. The first-order valence-corrected chi connectivity index (χ1v) is 4.42. The van der Waals surface area contributed by atoms with Crippen LogP contribution in [-0.4, -0.2) is 42.8 Å². The summed E-state index contributed by atoms with van der Waals surface area (Å²) in [6.07, 6.45) is -4.30. The minimum atomic E-state index is -4.77. The first kappa shape index (κ1) is 11.3. The molecule has 0 aliphatic carbocycles. The van der Waals surface area contributed by atoms with Gasteiger partial charge >= 0.3 is 12.1 Å². The summed E-state index contributed by atoms with van der Waals surface area (Å²) < 4.78 is 41.3. The maximum absolute atomic E-state index is 12.1. The van der Waals surface area contributed by atoms with Crippen molar-refractivity contribution in [3.05, 3.63) is 0 Å². The molecule has 14 heavy (non-hydrogen) atoms. The van der Waals surface area contributed by atoms with Gasteiger partial charge in [0.1, 0.15) is 0 Å². The number of carbonyl (C=O) groups excluding carboxylic acids is 1. The molecule has 1 amide bonds. The summed E-state index contributed by atoms with van der Waals surface area (Å²) >= 11 is 0. The van der Waals surface area contributed by atoms with Gasteiger partial charge in [0.2, 0.25) is 0 Å². The van der Waals surface area contributed by atoms with Crippen LogP contribution in [0.3, 0.4) is 0 Å². The van der Waals surface area contributed by atoms with Gasteiger partial charge in [-0.15, -0.1) is 0 Å². The number of morpholine rings is 1. The van der Waals surface area contributed by atoms with E-state index in [1.807, 2.05) is 0 Å². The molecule has 1 aliphatic heterocycles. The summed E-state index contributed by atoms with van der Waals surface area (Å²) in [4.78, 5) is 11.8. The van der Waals surface area contributed by atoms with Crippen LogP contribution < -0.4 is 0 Å². The predicted molar refractivity (Wildman–Crippen MR) is 42.7 cm³/mol. The van der Waals surface area contributed by atoms with Gasteiger partial charge in [0.05, 0.1) is 19.3 Å². The summed E-state index contributed by atoms with van der Waals surface area (Å²) in [7, 11) is 0. The number of ether oxygens (including phenoxy) is 1. The van der Waals surface area contributed by atoms with Crippen LogP contribution in [0.4, 0.5) is 13.2 Å². The maximum atomic E-state index is 12.1. The molecule has 0 saturated carbocycles. The smallest absolute Gasteiger partial charge is 0.377 e. The largest absolute Gasteiger partial charge is 0.471 e. The number of halogens is 3. The SMILES string of the molecule is CCC1COCCN1C(=O)C(F)(F)F. The molecule has 0 aromatic heterocycles. The van der Waals surface area contributed by atoms with Gasteiger partial charge in [-0.2, -0.15) is 13.2 Å². The van der Waals surface area contributed by atoms with E-state index in [4.69, 9.17) is 4.74 Å². The van der Waals surface area contributed by atoms with Crippen LogP contribution in [0.15, 0.2) is 0 Å². The highest BCUT2D eigenvalue weighted by Crippen LogP contribution is 2.22. The fourth-order valence-corrected chi connectivity index (χ4v) is 1.42. The van der Waals surface area contributed by atoms with Gasteiger partial charge in [-0.25, -0.2) is 0 Å². The van der Waals surface area contributed by atoms with E-state index in [1.165, 1.54) is 0 Å². The highest BCUT2D eigenvalue weighted by atomic mass is 19.4. The van der Waals surface area contributed by atoms with Crippen LogP contribution in [0.5, 0.6) is 0 Å². The van der Waals surface area contributed by atoms with E-state index in [0.29, 0.717) is 6.42 Å². The second-order valence-electron chi connectivity index (χ2n) is 3.13. The molecule has 0 spiro atoms. The Morgan fingerprint density at radius 1 is 1.57 bits per heavy atom. The Morgan fingerprint density at radius 2 is 2.21 bits per heavy atom. The normalized spacial score (nSPS) is 23.7. The molecule has 0 bridgehead atoms. The summed E-state index contributed by atoms with van der Waals surface area (Å²) in [6.45, 7) is 2.13. The van der Waals surface area contributed by atoms with Crippen molar-refractivity contribution in [2.24, 2.45) is 0 Å². The summed E-state index contributed by atoms with van der Waals surface area (Å²) in [5.41, 5.74) is 0. The third kappa shape index (κ3) is 2.37. The summed E-state index contributed by atoms with van der Waals surface area (Å²) in [5, 5.41) is 0. The lowest BCUT2D eigenvalue weighted by atomic mass is 10.2. The average molecular weight is 211 g/mol. The van der Waals surface area contributed by atoms with E-state index >= 15 is 0 Å². The Bertz CT molecular complexity index is 217. The number of hydrogen-bond acceptors (Lipinski definition) is 2. The number of alkyl halides is 3. The van der Waals surface area contributed by atoms with Crippen LogP contribution >= 0.6 is 0 Å². The fourth-order valence-electron chi connectivity index (χ4n) is 1.42. The Balaban J connectivity index is 2.69. The molecule has 1 atom stereocenters. The predicted octanol–water partition coefficient (Wildman–Crippen LogP) is 1.19. The molecular formula is C8H12F3NO2. The second-order valence-corrected chi connectivity index (χ2v) is 3.13. The van der Waals surface area contributed by atoms with E-state index < -0.39 is 18.1 Å². The summed E-state index contributed by atoms with van der Waals surface area (Å²) in [5.74, 6) is -1.76. The standard InChI is InChI=1S/C8H12F3NO2/c1-2-6-5-14-4-3-12(6)7(13)8(9,10)11/h6H,2-5H2,1H3. The van der Waals surface area contributed by atoms with Crippen molar-refractivity contribution in [3.63, 3.8) is 0 Å². The van der Waals surface area contributed by atoms with Crippen LogP contribution in [0.1, 0.15) is 13.3 Å². The molecule has 0 radical (unpaired) electrons. The Hall–Kier alpha value is -0.780. The van der Waals surface area contributed by atoms with Crippen LogP contribution in [0.25, 0.3) is 0 Å². The molecule has 0 aromatic rings. The van der Waals surface area contributed by atoms with Crippen LogP contribution in [0.2, 0.25) is 0 Å². The Morgan fingerprint density at radius 3 is 2.71 bits per heavy atom. The van der Waals surface area contributed by atoms with Gasteiger partial charge in [-0.3, -0.25) is 4.79 Å². The lowest BCUT2D eigenvalue weighted by Gasteiger charge is -2.35. The highest BCUT2D eigenvalue weighted by molar-refractivity contribution is 5.82. The summed E-state index contributed by atoms with van der Waals surface area (Å²) in [6, 6.07) is -0.446. The van der Waals surface area contributed by atoms with Crippen LogP contribution in [-0.2, 0) is 9.53 Å². The van der Waals surface area contributed by atoms with E-state index in [9.17, 15) is 18.0 Å². The molecule has 1 unspecified atom stereocenters. The topological polar surface area (TPSA) is 29.5 Å². The van der Waals surface area contributed by atoms with Crippen molar-refractivity contribution in [1.29, 1.82) is 0 Å². The van der Waals surface area contributed by atoms with Gasteiger partial charge in [-0.1, -0.05) is 6.92 Å². The zero-order valence-corrected chi connectivity index (χ0v) is 7.80. The third-order valence-electron chi connectivity index (χ3n) is 2.20. The molecule has 0 aromatic carbocycles. The number of rotatable bonds is 1. The van der Waals surface area contributed by atoms with Crippen molar-refractivity contribution in [2.45, 2.75) is 25.6 Å². The van der Waals surface area contributed by atoms with Gasteiger partial charge in [0.15, 0.2) is 0 Å². The minimum absolute atomic E-state index is 0.0247. The second kappa shape index (κ2) is 4.16. The van der Waals surface area contributed by atoms with Crippen LogP contribution in [0, 0.1) is 0 Å². The lowest BCUT2D eigenvalue weighted by Crippen LogP contribution is -2.52. The quantitative estimate of drug-likeness (QED) is 0.652. The maximum Gasteiger partial charge on any atom is 0.471 e. The monoisotopic (exact) mass is 211 g/mol. The molecule has 0 N–H and O–H groups in total. The van der Waals surface area contributed by atoms with Gasteiger partial charge in [-0.05, 0) is 6.42 Å². The molecule has 1 rings (SSSR count). The lowest BCUT2D eigenvalue weighted by molar-refractivity contribution is -0.192. The Labute approximate surface area is 79.8 Å². The average Bonchev–Trinajstić information content (AvgIpc) is 2.15. The van der Waals surface area contributed by atoms with Crippen molar-refractivity contribution < 1.29 is 22.7 Å². The zero-order chi connectivity index (χ0) is 10.8. The highest BCUT2D eigenvalue weighted by Gasteiger charge is 2.44. The first-order chi connectivity index (χ1) is 6.46. The first-order valence-electron chi connectivity index (χ1n) is 4.42. The molecular weight excluding hydrogens is 199 g/mol. The van der Waals surface area contributed by atoms with Crippen molar-refractivity contribution in [2.75, 3.05) is 19.8 Å². The zero-order valence-electron chi connectivity index (χ0n) is 7.80. The molecule has 6 heteroatoms. The van der Waals surface area contributed by atoms with E-state index in [0.717, 1.165) is 4.90 Å². The minimum Gasteiger partial charge on any atom is -0.377 e. The number of carbonyl (C=O) groups is 1. The van der Waals surface area contributed by atoms with Crippen molar-refractivity contribution in [1.82, 2.24) is 4.90 Å². The molecule has 3 nitrogen and oxygen atoms in total. The molecule has 1 fully saturated rings. The van der Waals surface area contributed by atoms with Crippen molar-refractivity contribution >= 4 is 5.91 Å². The molecule has 82 valence electrons. The third-order valence-corrected chi connectivity index (χ3v) is 2.20. The van der Waals surface area contributed by atoms with Crippen molar-refractivity contribution in [3.8, 4) is 0 Å². The van der Waals surface area contributed by atoms with Gasteiger partial charge < -0.3 is 9.64 Å². The fraction of sp³-hybridized carbons (Fsp3) is 0.875. The molecule has 1 heterocycles. The van der Waals surface area contributed by atoms with Gasteiger partial charge in [0.25, 0.3) is 0 Å². The van der Waals surface area contributed by atoms with E-state index in [2.05, 4.69) is 0 Å². The molecule has 1 saturated heterocycles. The van der Waals surface area contributed by atoms with Gasteiger partial charge in [0, 0.05) is 6.54 Å². The number of amides is 1. The molecule has 1 aliphatic rings. The van der Waals surface area contributed by atoms with E-state index in [-0.39, 0.29) is 19.8 Å². The van der Waals surface area contributed by atoms with E-state index in [1.54, 1.807) is 6.92 Å². The number of hydrogen-bond donors (Lipinski definition) is 0. The number of nitrogens with zero attached hydrogens (tertiary/aromatic N) is 1.